The van der Waals surface area contributed by atoms with Gasteiger partial charge in [-0.25, -0.2) is 0 Å². The van der Waals surface area contributed by atoms with Crippen molar-refractivity contribution in [3.63, 3.8) is 0 Å². The van der Waals surface area contributed by atoms with E-state index >= 15 is 0 Å². The maximum absolute atomic E-state index is 10.9. The summed E-state index contributed by atoms with van der Waals surface area (Å²) in [7, 11) is 0. The molecule has 9 atom stereocenters. The second-order valence-corrected chi connectivity index (χ2v) is 14.1. The van der Waals surface area contributed by atoms with E-state index in [0.29, 0.717) is 6.42 Å². The van der Waals surface area contributed by atoms with Crippen LogP contribution in [0.4, 0.5) is 0 Å². The summed E-state index contributed by atoms with van der Waals surface area (Å²) in [6.45, 7) is 8.94. The molecule has 5 rings (SSSR count). The Morgan fingerprint density at radius 1 is 0.882 bits per heavy atom. The average Bonchev–Trinajstić information content (AvgIpc) is 3.13. The van der Waals surface area contributed by atoms with Gasteiger partial charge in [0.25, 0.3) is 0 Å². The Morgan fingerprint density at radius 2 is 1.56 bits per heavy atom. The van der Waals surface area contributed by atoms with Crippen molar-refractivity contribution in [2.45, 2.75) is 91.3 Å². The topological polar surface area (TPSA) is 101 Å². The summed E-state index contributed by atoms with van der Waals surface area (Å²) >= 11 is 0. The zero-order valence-electron chi connectivity index (χ0n) is 21.6. The maximum Gasteiger partial charge on any atom is 0.0902 e. The second kappa shape index (κ2) is 7.64. The highest BCUT2D eigenvalue weighted by Crippen LogP contribution is 2.73. The molecular weight excluding hydrogens is 428 g/mol. The highest BCUT2D eigenvalue weighted by atomic mass is 16.3. The minimum absolute atomic E-state index is 0.00199. The van der Waals surface area contributed by atoms with E-state index in [2.05, 4.69) is 45.9 Å². The van der Waals surface area contributed by atoms with Gasteiger partial charge in [0.1, 0.15) is 0 Å². The van der Waals surface area contributed by atoms with E-state index in [0.717, 1.165) is 44.9 Å². The lowest BCUT2D eigenvalue weighted by Gasteiger charge is -2.69. The average molecular weight is 475 g/mol. The summed E-state index contributed by atoms with van der Waals surface area (Å²) in [5.74, 6) is 0.140. The van der Waals surface area contributed by atoms with Crippen LogP contribution in [0.3, 0.4) is 0 Å². The van der Waals surface area contributed by atoms with Gasteiger partial charge < -0.3 is 25.5 Å². The molecule has 0 unspecified atom stereocenters. The Hall–Kier alpha value is -0.720. The summed E-state index contributed by atoms with van der Waals surface area (Å²) in [6.07, 6.45) is 13.1. The van der Waals surface area contributed by atoms with Crippen molar-refractivity contribution in [1.29, 1.82) is 0 Å². The van der Waals surface area contributed by atoms with Gasteiger partial charge in [-0.05, 0) is 95.9 Å². The molecule has 3 saturated carbocycles. The third kappa shape index (κ3) is 2.97. The van der Waals surface area contributed by atoms with Crippen LogP contribution in [-0.2, 0) is 0 Å². The molecule has 0 amide bonds. The largest absolute Gasteiger partial charge is 0.396 e. The molecular formula is C29H46O5. The summed E-state index contributed by atoms with van der Waals surface area (Å²) in [6, 6.07) is 0. The van der Waals surface area contributed by atoms with E-state index in [4.69, 9.17) is 0 Å². The molecule has 0 radical (unpaired) electrons. The van der Waals surface area contributed by atoms with Gasteiger partial charge in [-0.3, -0.25) is 0 Å². The van der Waals surface area contributed by atoms with Crippen molar-refractivity contribution in [3.8, 4) is 0 Å². The molecule has 5 N–H and O–H groups in total. The molecule has 0 aromatic heterocycles. The van der Waals surface area contributed by atoms with Crippen LogP contribution in [0.2, 0.25) is 0 Å². The molecule has 0 aromatic carbocycles. The van der Waals surface area contributed by atoms with Crippen molar-refractivity contribution in [2.24, 2.45) is 44.3 Å². The minimum atomic E-state index is -1.11. The van der Waals surface area contributed by atoms with Gasteiger partial charge in [0.15, 0.2) is 0 Å². The number of aliphatic hydroxyl groups excluding tert-OH is 5. The highest BCUT2D eigenvalue weighted by molar-refractivity contribution is 5.41. The number of hydrogen-bond acceptors (Lipinski definition) is 5. The molecule has 1 spiro atoms. The van der Waals surface area contributed by atoms with Crippen molar-refractivity contribution in [3.05, 3.63) is 23.8 Å². The Labute approximate surface area is 205 Å². The van der Waals surface area contributed by atoms with Crippen molar-refractivity contribution >= 4 is 0 Å². The summed E-state index contributed by atoms with van der Waals surface area (Å²) < 4.78 is 0. The molecule has 5 aliphatic rings. The van der Waals surface area contributed by atoms with Crippen molar-refractivity contribution in [2.75, 3.05) is 19.8 Å². The summed E-state index contributed by atoms with van der Waals surface area (Å²) in [4.78, 5) is 0. The fourth-order valence-electron chi connectivity index (χ4n) is 10.0. The van der Waals surface area contributed by atoms with E-state index in [-0.39, 0.29) is 58.7 Å². The smallest absolute Gasteiger partial charge is 0.0902 e. The Kier molecular flexibility index (Phi) is 5.61. The Bertz CT molecular complexity index is 893. The normalized spacial score (nSPS) is 53.7. The van der Waals surface area contributed by atoms with Gasteiger partial charge in [0, 0.05) is 12.0 Å². The summed E-state index contributed by atoms with van der Waals surface area (Å²) in [5.41, 5.74) is 0.277. The first kappa shape index (κ1) is 25.0. The third-order valence-electron chi connectivity index (χ3n) is 12.4. The van der Waals surface area contributed by atoms with E-state index in [9.17, 15) is 25.5 Å². The molecule has 5 heteroatoms. The van der Waals surface area contributed by atoms with Crippen LogP contribution < -0.4 is 0 Å². The number of aliphatic hydroxyl groups is 5. The first-order valence-electron chi connectivity index (χ1n) is 13.5. The van der Waals surface area contributed by atoms with E-state index < -0.39 is 17.6 Å². The molecule has 192 valence electrons. The fraction of sp³-hybridized carbons (Fsp3) is 0.862. The van der Waals surface area contributed by atoms with E-state index in [1.807, 2.05) is 0 Å². The first-order valence-corrected chi connectivity index (χ1v) is 13.5. The van der Waals surface area contributed by atoms with E-state index in [1.165, 1.54) is 5.57 Å². The quantitative estimate of drug-likeness (QED) is 0.430. The van der Waals surface area contributed by atoms with Crippen LogP contribution in [0, 0.1) is 44.3 Å². The molecule has 0 heterocycles. The van der Waals surface area contributed by atoms with E-state index in [1.54, 1.807) is 0 Å². The molecule has 0 bridgehead atoms. The number of allylic oxidation sites excluding steroid dienone is 4. The second-order valence-electron chi connectivity index (χ2n) is 14.1. The Balaban J connectivity index is 1.57. The van der Waals surface area contributed by atoms with Crippen LogP contribution in [0.5, 0.6) is 0 Å². The first-order chi connectivity index (χ1) is 15.9. The molecule has 5 aliphatic carbocycles. The molecule has 3 fully saturated rings. The highest BCUT2D eigenvalue weighted by Gasteiger charge is 2.68. The number of hydrogen-bond donors (Lipinski definition) is 5. The van der Waals surface area contributed by atoms with Crippen LogP contribution in [0.1, 0.15) is 79.1 Å². The van der Waals surface area contributed by atoms with Gasteiger partial charge in [-0.2, -0.15) is 0 Å². The Morgan fingerprint density at radius 3 is 2.18 bits per heavy atom. The predicted octanol–water partition coefficient (Wildman–Crippen LogP) is 3.59. The van der Waals surface area contributed by atoms with Crippen molar-refractivity contribution < 1.29 is 25.5 Å². The number of fused-ring (bicyclic) bond motifs is 5. The lowest BCUT2D eigenvalue weighted by atomic mass is 9.35. The standard InChI is InChI=1S/C29H46O5/c1-24(16-30)9-11-28(15-24)12-10-26(3)19(13-28)5-6-21-25(2)14-20(33)23(34)29(17-31,18-32)22(25)7-8-27(21,26)4/h5-6,13,20-23,30-34H,7-12,14-18H2,1-4H3/t20-,21-,22-,23-,24+,25-,26-,27-,28+/m1/s1. The van der Waals surface area contributed by atoms with Gasteiger partial charge in [-0.15, -0.1) is 0 Å². The van der Waals surface area contributed by atoms with Crippen molar-refractivity contribution in [1.82, 2.24) is 0 Å². The molecule has 34 heavy (non-hydrogen) atoms. The monoisotopic (exact) mass is 474 g/mol. The summed E-state index contributed by atoms with van der Waals surface area (Å²) in [5, 5.41) is 52.6. The van der Waals surface area contributed by atoms with Crippen LogP contribution in [0.25, 0.3) is 0 Å². The molecule has 0 aliphatic heterocycles. The predicted molar refractivity (Wildman–Crippen MR) is 132 cm³/mol. The number of rotatable bonds is 3. The van der Waals surface area contributed by atoms with Gasteiger partial charge in [0.05, 0.1) is 25.4 Å². The molecule has 5 nitrogen and oxygen atoms in total. The van der Waals surface area contributed by atoms with Gasteiger partial charge >= 0.3 is 0 Å². The fourth-order valence-corrected chi connectivity index (χ4v) is 10.0. The third-order valence-corrected chi connectivity index (χ3v) is 12.4. The van der Waals surface area contributed by atoms with Crippen LogP contribution in [0.15, 0.2) is 23.8 Å². The minimum Gasteiger partial charge on any atom is -0.396 e. The lowest BCUT2D eigenvalue weighted by Crippen LogP contribution is -2.68. The van der Waals surface area contributed by atoms with Crippen LogP contribution >= 0.6 is 0 Å². The van der Waals surface area contributed by atoms with Gasteiger partial charge in [-0.1, -0.05) is 45.9 Å². The molecule has 0 saturated heterocycles. The SMILES string of the molecule is C[C@]1(CO)CC[C@]2(C=C3C=C[C@@H]4[C@@]5(C)C[C@@H](O)[C@@H](O)C(CO)(CO)[C@@H]5CC[C@@]4(C)[C@]3(C)CC2)C1. The zero-order valence-corrected chi connectivity index (χ0v) is 21.6. The van der Waals surface area contributed by atoms with Crippen LogP contribution in [-0.4, -0.2) is 57.6 Å². The van der Waals surface area contributed by atoms with Gasteiger partial charge in [0.2, 0.25) is 0 Å². The lowest BCUT2D eigenvalue weighted by molar-refractivity contribution is -0.246. The zero-order chi connectivity index (χ0) is 24.8. The molecule has 0 aromatic rings. The maximum atomic E-state index is 10.9.